The zero-order valence-corrected chi connectivity index (χ0v) is 25.2. The molecule has 0 saturated carbocycles. The van der Waals surface area contributed by atoms with E-state index in [2.05, 4.69) is 48.3 Å². The highest BCUT2D eigenvalue weighted by Gasteiger charge is 2.44. The lowest BCUT2D eigenvalue weighted by atomic mass is 9.78. The Hall–Kier alpha value is -4.78. The number of nitrogens with one attached hydrogen (secondary N) is 1. The summed E-state index contributed by atoms with van der Waals surface area (Å²) in [4.78, 5) is 32.3. The average molecular weight is 578 g/mol. The van der Waals surface area contributed by atoms with Crippen LogP contribution in [-0.2, 0) is 4.79 Å². The second kappa shape index (κ2) is 13.5. The van der Waals surface area contributed by atoms with Crippen molar-refractivity contribution < 1.29 is 19.1 Å². The fraction of sp³-hybridized carbons (Fsp3) is 0.278. The maximum Gasteiger partial charge on any atom is 0.259 e. The first-order chi connectivity index (χ1) is 20.9. The summed E-state index contributed by atoms with van der Waals surface area (Å²) in [6, 6.07) is 30.3. The molecule has 0 unspecified atom stereocenters. The molecule has 2 atom stereocenters. The lowest BCUT2D eigenvalue weighted by Gasteiger charge is -2.42. The van der Waals surface area contributed by atoms with Gasteiger partial charge in [-0.25, -0.2) is 0 Å². The van der Waals surface area contributed by atoms with E-state index in [1.807, 2.05) is 66.7 Å². The van der Waals surface area contributed by atoms with Crippen LogP contribution in [-0.4, -0.2) is 45.7 Å². The van der Waals surface area contributed by atoms with Gasteiger partial charge in [-0.3, -0.25) is 14.5 Å². The van der Waals surface area contributed by atoms with Gasteiger partial charge >= 0.3 is 0 Å². The van der Waals surface area contributed by atoms with Crippen molar-refractivity contribution in [2.24, 2.45) is 0 Å². The molecule has 2 amide bonds. The quantitative estimate of drug-likeness (QED) is 0.205. The second-order valence-electron chi connectivity index (χ2n) is 10.7. The molecule has 1 heterocycles. The normalized spacial score (nSPS) is 15.9. The number of anilines is 2. The fourth-order valence-electron chi connectivity index (χ4n) is 5.87. The fourth-order valence-corrected chi connectivity index (χ4v) is 5.87. The molecule has 0 fully saturated rings. The van der Waals surface area contributed by atoms with E-state index in [9.17, 15) is 9.59 Å². The summed E-state index contributed by atoms with van der Waals surface area (Å²) in [6.45, 7) is 6.46. The predicted octanol–water partition coefficient (Wildman–Crippen LogP) is 6.53. The maximum absolute atomic E-state index is 14.2. The number of ether oxygens (including phenoxy) is 2. The van der Waals surface area contributed by atoms with Crippen molar-refractivity contribution in [1.29, 1.82) is 0 Å². The van der Waals surface area contributed by atoms with E-state index in [-0.39, 0.29) is 11.8 Å². The minimum absolute atomic E-state index is 0.113. The lowest BCUT2D eigenvalue weighted by Crippen LogP contribution is -2.48. The van der Waals surface area contributed by atoms with Crippen molar-refractivity contribution in [1.82, 2.24) is 5.32 Å². The van der Waals surface area contributed by atoms with E-state index in [0.29, 0.717) is 29.3 Å². The molecule has 43 heavy (non-hydrogen) atoms. The molecule has 5 rings (SSSR count). The number of aryl methyl sites for hydroxylation is 1. The summed E-state index contributed by atoms with van der Waals surface area (Å²) in [7, 11) is 3.23. The van der Waals surface area contributed by atoms with Crippen LogP contribution < -0.4 is 24.6 Å². The number of methoxy groups -OCH3 is 2. The molecular formula is C36H39N3O4. The summed E-state index contributed by atoms with van der Waals surface area (Å²) < 4.78 is 10.8. The predicted molar refractivity (Wildman–Crippen MR) is 171 cm³/mol. The van der Waals surface area contributed by atoms with Crippen LogP contribution in [0.3, 0.4) is 0 Å². The van der Waals surface area contributed by atoms with Crippen LogP contribution in [0.15, 0.2) is 97.1 Å². The zero-order chi connectivity index (χ0) is 30.3. The van der Waals surface area contributed by atoms with Gasteiger partial charge < -0.3 is 19.7 Å². The molecular weight excluding hydrogens is 538 g/mol. The maximum atomic E-state index is 14.2. The highest BCUT2D eigenvalue weighted by atomic mass is 16.5. The van der Waals surface area contributed by atoms with Crippen LogP contribution >= 0.6 is 0 Å². The Labute approximate surface area is 254 Å². The van der Waals surface area contributed by atoms with E-state index in [0.717, 1.165) is 30.6 Å². The minimum atomic E-state index is -0.622. The highest BCUT2D eigenvalue weighted by Crippen LogP contribution is 2.45. The molecule has 7 nitrogen and oxygen atoms in total. The molecule has 0 saturated heterocycles. The molecule has 0 aromatic heterocycles. The number of carbonyl (C=O) groups excluding carboxylic acids is 2. The van der Waals surface area contributed by atoms with Gasteiger partial charge in [-0.15, -0.1) is 0 Å². The van der Waals surface area contributed by atoms with E-state index in [4.69, 9.17) is 9.47 Å². The third-order valence-electron chi connectivity index (χ3n) is 8.08. The number of hydrogen-bond donors (Lipinski definition) is 1. The van der Waals surface area contributed by atoms with E-state index >= 15 is 0 Å². The summed E-state index contributed by atoms with van der Waals surface area (Å²) in [5, 5.41) is 3.21. The first kappa shape index (κ1) is 29.7. The molecule has 1 aliphatic heterocycles. The average Bonchev–Trinajstić information content (AvgIpc) is 3.04. The minimum Gasteiger partial charge on any atom is -0.497 e. The number of fused-ring (bicyclic) bond motifs is 1. The number of nitrogens with zero attached hydrogens (tertiary/aromatic N) is 2. The molecule has 1 N–H and O–H groups in total. The molecule has 0 bridgehead atoms. The number of hydrogen-bond acceptors (Lipinski definition) is 5. The standard InChI is InChI=1S/C36H39N3O4/c1-5-38(28-11-8-10-25(2)24-28)23-9-22-37-35(40)33-31-12-6-7-13-32(31)36(41)39(27-16-20-30(43-4)21-17-27)34(33)26-14-18-29(42-3)19-15-26/h6-8,10-21,24,33-34H,5,9,22-23H2,1-4H3,(H,37,40)/t33-,34+/m1/s1. The molecule has 4 aromatic rings. The molecule has 4 aromatic carbocycles. The Balaban J connectivity index is 1.46. The Morgan fingerprint density at radius 3 is 2.21 bits per heavy atom. The molecule has 0 aliphatic carbocycles. The van der Waals surface area contributed by atoms with Crippen molar-refractivity contribution in [3.63, 3.8) is 0 Å². The van der Waals surface area contributed by atoms with E-state index < -0.39 is 12.0 Å². The summed E-state index contributed by atoms with van der Waals surface area (Å²) in [5.41, 5.74) is 5.20. The van der Waals surface area contributed by atoms with Crippen LogP contribution in [0.1, 0.15) is 52.4 Å². The van der Waals surface area contributed by atoms with Crippen LogP contribution in [0.5, 0.6) is 11.5 Å². The molecule has 0 radical (unpaired) electrons. The molecule has 222 valence electrons. The van der Waals surface area contributed by atoms with Gasteiger partial charge in [0.05, 0.1) is 26.2 Å². The van der Waals surface area contributed by atoms with Crippen LogP contribution in [0, 0.1) is 6.92 Å². The number of rotatable bonds is 11. The van der Waals surface area contributed by atoms with Gasteiger partial charge in [-0.05, 0) is 91.6 Å². The van der Waals surface area contributed by atoms with Crippen LogP contribution in [0.4, 0.5) is 11.4 Å². The van der Waals surface area contributed by atoms with Gasteiger partial charge in [-0.1, -0.05) is 42.5 Å². The topological polar surface area (TPSA) is 71.1 Å². The number of benzene rings is 4. The second-order valence-corrected chi connectivity index (χ2v) is 10.7. The Kier molecular flexibility index (Phi) is 9.30. The van der Waals surface area contributed by atoms with E-state index in [1.54, 1.807) is 25.2 Å². The molecule has 7 heteroatoms. The Morgan fingerprint density at radius 1 is 0.884 bits per heavy atom. The third-order valence-corrected chi connectivity index (χ3v) is 8.08. The molecule has 1 aliphatic rings. The van der Waals surface area contributed by atoms with Crippen LogP contribution in [0.25, 0.3) is 0 Å². The van der Waals surface area contributed by atoms with Gasteiger partial charge in [-0.2, -0.15) is 0 Å². The SMILES string of the molecule is CCN(CCCNC(=O)[C@@H]1c2ccccc2C(=O)N(c2ccc(OC)cc2)[C@H]1c1ccc(OC)cc1)c1cccc(C)c1. The Morgan fingerprint density at radius 2 is 1.56 bits per heavy atom. The van der Waals surface area contributed by atoms with Gasteiger partial charge in [0.1, 0.15) is 11.5 Å². The number of carbonyl (C=O) groups is 2. The van der Waals surface area contributed by atoms with Gasteiger partial charge in [0.15, 0.2) is 0 Å². The van der Waals surface area contributed by atoms with Gasteiger partial charge in [0, 0.05) is 36.6 Å². The van der Waals surface area contributed by atoms with Crippen molar-refractivity contribution in [3.8, 4) is 11.5 Å². The Bertz CT molecular complexity index is 1550. The monoisotopic (exact) mass is 577 g/mol. The highest BCUT2D eigenvalue weighted by molar-refractivity contribution is 6.11. The summed E-state index contributed by atoms with van der Waals surface area (Å²) >= 11 is 0. The summed E-state index contributed by atoms with van der Waals surface area (Å²) in [5.74, 6) is 0.511. The third kappa shape index (κ3) is 6.36. The first-order valence-corrected chi connectivity index (χ1v) is 14.7. The van der Waals surface area contributed by atoms with Gasteiger partial charge in [0.25, 0.3) is 5.91 Å². The zero-order valence-electron chi connectivity index (χ0n) is 25.2. The van der Waals surface area contributed by atoms with Crippen molar-refractivity contribution >= 4 is 23.2 Å². The van der Waals surface area contributed by atoms with E-state index in [1.165, 1.54) is 11.3 Å². The smallest absolute Gasteiger partial charge is 0.259 e. The van der Waals surface area contributed by atoms with Crippen molar-refractivity contribution in [3.05, 3.63) is 119 Å². The molecule has 0 spiro atoms. The largest absolute Gasteiger partial charge is 0.497 e. The van der Waals surface area contributed by atoms with Crippen molar-refractivity contribution in [2.75, 3.05) is 43.7 Å². The lowest BCUT2D eigenvalue weighted by molar-refractivity contribution is -0.123. The number of amides is 2. The van der Waals surface area contributed by atoms with Gasteiger partial charge in [0.2, 0.25) is 5.91 Å². The summed E-state index contributed by atoms with van der Waals surface area (Å²) in [6.07, 6.45) is 0.788. The first-order valence-electron chi connectivity index (χ1n) is 14.7. The van der Waals surface area contributed by atoms with Crippen molar-refractivity contribution in [2.45, 2.75) is 32.2 Å². The van der Waals surface area contributed by atoms with Crippen LogP contribution in [0.2, 0.25) is 0 Å².